The smallest absolute Gasteiger partial charge is 0.191 e. The summed E-state index contributed by atoms with van der Waals surface area (Å²) in [5.41, 5.74) is 0. The Hall–Kier alpha value is -0.0900. The highest BCUT2D eigenvalue weighted by molar-refractivity contribution is 14.0. The summed E-state index contributed by atoms with van der Waals surface area (Å²) in [6.45, 7) is 11.3. The molecule has 0 heterocycles. The van der Waals surface area contributed by atoms with Crippen molar-refractivity contribution >= 4 is 39.8 Å². The molecule has 1 atom stereocenters. The van der Waals surface area contributed by atoms with Crippen molar-refractivity contribution in [3.8, 4) is 0 Å². The van der Waals surface area contributed by atoms with Crippen LogP contribution in [0.15, 0.2) is 4.99 Å². The van der Waals surface area contributed by atoms with Crippen LogP contribution >= 0.6 is 24.0 Å². The number of nitrogens with one attached hydrogen (secondary N) is 2. The lowest BCUT2D eigenvalue weighted by Gasteiger charge is -2.25. The highest BCUT2D eigenvalue weighted by Gasteiger charge is 2.10. The number of hydrogen-bond acceptors (Lipinski definition) is 4. The van der Waals surface area contributed by atoms with Crippen LogP contribution in [0.4, 0.5) is 0 Å². The van der Waals surface area contributed by atoms with Crippen molar-refractivity contribution in [1.82, 2.24) is 15.5 Å². The first-order valence-electron chi connectivity index (χ1n) is 7.58. The van der Waals surface area contributed by atoms with Gasteiger partial charge in [-0.15, -0.1) is 24.0 Å². The lowest BCUT2D eigenvalue weighted by atomic mass is 10.3. The van der Waals surface area contributed by atoms with Gasteiger partial charge in [-0.1, -0.05) is 6.92 Å². The summed E-state index contributed by atoms with van der Waals surface area (Å²) < 4.78 is 22.3. The third-order valence-corrected chi connectivity index (χ3v) is 4.33. The maximum Gasteiger partial charge on any atom is 0.191 e. The summed E-state index contributed by atoms with van der Waals surface area (Å²) in [7, 11) is -1.19. The monoisotopic (exact) mass is 448 g/mol. The van der Waals surface area contributed by atoms with Crippen LogP contribution in [0, 0.1) is 0 Å². The SMILES string of the molecule is CCN(CCNC(=NC)NC(C)CCS(C)(=O)=O)C(C)C.I. The van der Waals surface area contributed by atoms with Crippen LogP contribution < -0.4 is 10.6 Å². The highest BCUT2D eigenvalue weighted by Crippen LogP contribution is 1.96. The van der Waals surface area contributed by atoms with Crippen molar-refractivity contribution in [3.63, 3.8) is 0 Å². The van der Waals surface area contributed by atoms with Gasteiger partial charge in [0, 0.05) is 38.5 Å². The fourth-order valence-electron chi connectivity index (χ4n) is 1.99. The van der Waals surface area contributed by atoms with Crippen LogP contribution in [0.2, 0.25) is 0 Å². The van der Waals surface area contributed by atoms with Crippen LogP contribution in [-0.4, -0.2) is 70.1 Å². The standard InChI is InChI=1S/C14H32N4O2S.HI/c1-7-18(12(2)3)10-9-16-14(15-5)17-13(4)8-11-21(6,19)20;/h12-13H,7-11H2,1-6H3,(H2,15,16,17);1H. The Morgan fingerprint density at radius 3 is 2.27 bits per heavy atom. The van der Waals surface area contributed by atoms with Crippen molar-refractivity contribution in [3.05, 3.63) is 0 Å². The van der Waals surface area contributed by atoms with Gasteiger partial charge in [0.15, 0.2) is 5.96 Å². The van der Waals surface area contributed by atoms with Gasteiger partial charge in [0.1, 0.15) is 9.84 Å². The summed E-state index contributed by atoms with van der Waals surface area (Å²) in [4.78, 5) is 6.53. The van der Waals surface area contributed by atoms with E-state index in [9.17, 15) is 8.42 Å². The van der Waals surface area contributed by atoms with Crippen LogP contribution in [-0.2, 0) is 9.84 Å². The molecule has 6 nitrogen and oxygen atoms in total. The van der Waals surface area contributed by atoms with Crippen molar-refractivity contribution in [2.45, 2.75) is 46.2 Å². The van der Waals surface area contributed by atoms with E-state index in [0.29, 0.717) is 12.5 Å². The summed E-state index contributed by atoms with van der Waals surface area (Å²) in [5, 5.41) is 6.48. The Labute approximate surface area is 153 Å². The van der Waals surface area contributed by atoms with Gasteiger partial charge in [-0.2, -0.15) is 0 Å². The van der Waals surface area contributed by atoms with Gasteiger partial charge in [0.2, 0.25) is 0 Å². The largest absolute Gasteiger partial charge is 0.355 e. The van der Waals surface area contributed by atoms with Crippen molar-refractivity contribution < 1.29 is 8.42 Å². The van der Waals surface area contributed by atoms with E-state index in [0.717, 1.165) is 25.6 Å². The summed E-state index contributed by atoms with van der Waals surface area (Å²) in [5.74, 6) is 0.908. The zero-order valence-corrected chi connectivity index (χ0v) is 17.9. The molecule has 0 bridgehead atoms. The molecular formula is C14H33IN4O2S. The minimum atomic E-state index is -2.91. The number of sulfone groups is 1. The number of aliphatic imine (C=N–C) groups is 1. The molecule has 0 fully saturated rings. The van der Waals surface area contributed by atoms with Gasteiger partial charge in [0.25, 0.3) is 0 Å². The van der Waals surface area contributed by atoms with Gasteiger partial charge in [-0.25, -0.2) is 8.42 Å². The van der Waals surface area contributed by atoms with Gasteiger partial charge >= 0.3 is 0 Å². The molecule has 0 aliphatic carbocycles. The minimum Gasteiger partial charge on any atom is -0.355 e. The molecule has 0 aromatic carbocycles. The molecule has 8 heteroatoms. The minimum absolute atomic E-state index is 0. The Morgan fingerprint density at radius 1 is 1.27 bits per heavy atom. The van der Waals surface area contributed by atoms with Crippen molar-refractivity contribution in [2.24, 2.45) is 4.99 Å². The lowest BCUT2D eigenvalue weighted by Crippen LogP contribution is -2.46. The predicted octanol–water partition coefficient (Wildman–Crippen LogP) is 1.32. The first kappa shape index (κ1) is 24.2. The molecule has 0 spiro atoms. The zero-order chi connectivity index (χ0) is 16.5. The Morgan fingerprint density at radius 2 is 1.86 bits per heavy atom. The normalized spacial score (nSPS) is 13.9. The third-order valence-electron chi connectivity index (χ3n) is 3.36. The second-order valence-corrected chi connectivity index (χ2v) is 7.95. The summed E-state index contributed by atoms with van der Waals surface area (Å²) >= 11 is 0. The van der Waals surface area contributed by atoms with Crippen LogP contribution in [0.3, 0.4) is 0 Å². The molecule has 0 radical (unpaired) electrons. The molecule has 0 aromatic heterocycles. The summed E-state index contributed by atoms with van der Waals surface area (Å²) in [6.07, 6.45) is 1.84. The van der Waals surface area contributed by atoms with E-state index in [1.807, 2.05) is 6.92 Å². The summed E-state index contributed by atoms with van der Waals surface area (Å²) in [6, 6.07) is 0.596. The molecule has 2 N–H and O–H groups in total. The Bertz CT molecular complexity index is 413. The molecule has 0 aliphatic heterocycles. The molecular weight excluding hydrogens is 415 g/mol. The number of guanidine groups is 1. The van der Waals surface area contributed by atoms with E-state index in [2.05, 4.69) is 41.3 Å². The van der Waals surface area contributed by atoms with E-state index >= 15 is 0 Å². The van der Waals surface area contributed by atoms with Gasteiger partial charge < -0.3 is 10.6 Å². The van der Waals surface area contributed by atoms with E-state index in [1.54, 1.807) is 7.05 Å². The van der Waals surface area contributed by atoms with Crippen molar-refractivity contribution in [1.29, 1.82) is 0 Å². The second-order valence-electron chi connectivity index (χ2n) is 5.69. The fraction of sp³-hybridized carbons (Fsp3) is 0.929. The van der Waals surface area contributed by atoms with Crippen LogP contribution in [0.5, 0.6) is 0 Å². The topological polar surface area (TPSA) is 73.8 Å². The maximum atomic E-state index is 11.2. The lowest BCUT2D eigenvalue weighted by molar-refractivity contribution is 0.237. The average Bonchev–Trinajstić information content (AvgIpc) is 2.38. The van der Waals surface area contributed by atoms with Gasteiger partial charge in [-0.05, 0) is 33.7 Å². The van der Waals surface area contributed by atoms with Crippen molar-refractivity contribution in [2.75, 3.05) is 38.7 Å². The first-order valence-corrected chi connectivity index (χ1v) is 9.64. The molecule has 134 valence electrons. The molecule has 0 rings (SSSR count). The number of nitrogens with zero attached hydrogens (tertiary/aromatic N) is 2. The maximum absolute atomic E-state index is 11.2. The Balaban J connectivity index is 0. The molecule has 0 aliphatic rings. The van der Waals surface area contributed by atoms with E-state index < -0.39 is 9.84 Å². The quantitative estimate of drug-likeness (QED) is 0.316. The van der Waals surface area contributed by atoms with Crippen LogP contribution in [0.25, 0.3) is 0 Å². The second kappa shape index (κ2) is 12.3. The van der Waals surface area contributed by atoms with Gasteiger partial charge in [-0.3, -0.25) is 9.89 Å². The number of halogens is 1. The molecule has 1 unspecified atom stereocenters. The number of likely N-dealkylation sites (N-methyl/N-ethyl adjacent to an activating group) is 1. The molecule has 0 aromatic rings. The Kier molecular flexibility index (Phi) is 13.6. The van der Waals surface area contributed by atoms with Crippen LogP contribution in [0.1, 0.15) is 34.1 Å². The third kappa shape index (κ3) is 12.5. The predicted molar refractivity (Wildman–Crippen MR) is 106 cm³/mol. The molecule has 22 heavy (non-hydrogen) atoms. The zero-order valence-electron chi connectivity index (χ0n) is 14.7. The van der Waals surface area contributed by atoms with E-state index in [-0.39, 0.29) is 35.8 Å². The van der Waals surface area contributed by atoms with E-state index in [4.69, 9.17) is 0 Å². The molecule has 0 amide bonds. The average molecular weight is 448 g/mol. The van der Waals surface area contributed by atoms with E-state index in [1.165, 1.54) is 6.26 Å². The highest BCUT2D eigenvalue weighted by atomic mass is 127. The van der Waals surface area contributed by atoms with Gasteiger partial charge in [0.05, 0.1) is 5.75 Å². The molecule has 0 saturated heterocycles. The number of hydrogen-bond donors (Lipinski definition) is 2. The number of rotatable bonds is 9. The first-order chi connectivity index (χ1) is 9.69. The molecule has 0 saturated carbocycles. The fourth-order valence-corrected chi connectivity index (χ4v) is 2.77.